The van der Waals surface area contributed by atoms with Crippen molar-refractivity contribution in [3.63, 3.8) is 0 Å². The Bertz CT molecular complexity index is 645. The van der Waals surface area contributed by atoms with Gasteiger partial charge in [-0.1, -0.05) is 12.1 Å². The van der Waals surface area contributed by atoms with E-state index in [0.29, 0.717) is 0 Å². The second-order valence-corrected chi connectivity index (χ2v) is 5.57. The Kier molecular flexibility index (Phi) is 3.05. The predicted octanol–water partition coefficient (Wildman–Crippen LogP) is 4.24. The molecule has 1 aliphatic heterocycles. The van der Waals surface area contributed by atoms with E-state index in [0.717, 1.165) is 28.3 Å². The van der Waals surface area contributed by atoms with Crippen LogP contribution in [0.15, 0.2) is 35.7 Å². The summed E-state index contributed by atoms with van der Waals surface area (Å²) in [7, 11) is 0. The number of hydrogen-bond donors (Lipinski definition) is 1. The summed E-state index contributed by atoms with van der Waals surface area (Å²) < 4.78 is 37.7. The molecule has 1 aromatic carbocycles. The van der Waals surface area contributed by atoms with Gasteiger partial charge in [-0.05, 0) is 29.1 Å². The number of carbonyl (C=O) groups excluding carboxylic acids is 1. The van der Waals surface area contributed by atoms with Crippen molar-refractivity contribution in [3.8, 4) is 0 Å². The molecular weight excluding hydrogens is 287 g/mol. The monoisotopic (exact) mass is 297 g/mol. The highest BCUT2D eigenvalue weighted by atomic mass is 32.1. The molecule has 0 aliphatic carbocycles. The first kappa shape index (κ1) is 13.2. The van der Waals surface area contributed by atoms with Gasteiger partial charge in [0.2, 0.25) is 5.91 Å². The smallest absolute Gasteiger partial charge is 0.325 e. The lowest BCUT2D eigenvalue weighted by molar-refractivity contribution is -0.137. The molecule has 0 unspecified atom stereocenters. The summed E-state index contributed by atoms with van der Waals surface area (Å²) in [5, 5.41) is 4.64. The van der Waals surface area contributed by atoms with Crippen molar-refractivity contribution in [1.29, 1.82) is 0 Å². The molecule has 0 saturated heterocycles. The molecule has 0 bridgehead atoms. The largest absolute Gasteiger partial charge is 0.416 e. The number of fused-ring (bicyclic) bond motifs is 1. The van der Waals surface area contributed by atoms with Gasteiger partial charge in [-0.25, -0.2) is 0 Å². The summed E-state index contributed by atoms with van der Waals surface area (Å²) in [6.45, 7) is 0. The molecule has 2 heterocycles. The zero-order valence-corrected chi connectivity index (χ0v) is 11.0. The van der Waals surface area contributed by atoms with Crippen molar-refractivity contribution < 1.29 is 18.0 Å². The number of amides is 1. The second-order valence-electron chi connectivity index (χ2n) is 4.62. The number of benzene rings is 1. The maximum atomic E-state index is 12.6. The maximum Gasteiger partial charge on any atom is 0.416 e. The van der Waals surface area contributed by atoms with Crippen LogP contribution >= 0.6 is 11.3 Å². The zero-order chi connectivity index (χ0) is 14.3. The molecule has 0 radical (unpaired) electrons. The summed E-state index contributed by atoms with van der Waals surface area (Å²) >= 11 is 1.50. The van der Waals surface area contributed by atoms with Gasteiger partial charge in [-0.3, -0.25) is 4.79 Å². The molecule has 0 spiro atoms. The lowest BCUT2D eigenvalue weighted by Gasteiger charge is -2.23. The number of hydrogen-bond acceptors (Lipinski definition) is 2. The molecule has 1 atom stereocenters. The van der Waals surface area contributed by atoms with Crippen molar-refractivity contribution in [2.75, 3.05) is 5.32 Å². The van der Waals surface area contributed by atoms with E-state index in [1.54, 1.807) is 0 Å². The lowest BCUT2D eigenvalue weighted by Crippen LogP contribution is -2.22. The third-order valence-electron chi connectivity index (χ3n) is 3.32. The quantitative estimate of drug-likeness (QED) is 0.838. The van der Waals surface area contributed by atoms with Crippen molar-refractivity contribution >= 4 is 22.9 Å². The highest BCUT2D eigenvalue weighted by Gasteiger charge is 2.31. The topological polar surface area (TPSA) is 29.1 Å². The molecule has 1 amide bonds. The van der Waals surface area contributed by atoms with Gasteiger partial charge in [0.1, 0.15) is 0 Å². The van der Waals surface area contributed by atoms with Crippen LogP contribution in [0.4, 0.5) is 18.9 Å². The van der Waals surface area contributed by atoms with E-state index in [4.69, 9.17) is 0 Å². The Morgan fingerprint density at radius 1 is 1.15 bits per heavy atom. The van der Waals surface area contributed by atoms with Crippen molar-refractivity contribution in [2.24, 2.45) is 0 Å². The molecule has 2 aromatic rings. The number of rotatable bonds is 1. The third kappa shape index (κ3) is 2.31. The minimum atomic E-state index is -4.34. The SMILES string of the molecule is O=C1C[C@H](c2ccc(C(F)(F)F)cc2)c2sccc2N1. The Morgan fingerprint density at radius 3 is 2.50 bits per heavy atom. The van der Waals surface area contributed by atoms with Crippen molar-refractivity contribution in [3.05, 3.63) is 51.7 Å². The minimum Gasteiger partial charge on any atom is -0.325 e. The van der Waals surface area contributed by atoms with E-state index in [9.17, 15) is 18.0 Å². The number of halogens is 3. The van der Waals surface area contributed by atoms with Crippen LogP contribution in [0.25, 0.3) is 0 Å². The van der Waals surface area contributed by atoms with Crippen molar-refractivity contribution in [1.82, 2.24) is 0 Å². The molecule has 1 aromatic heterocycles. The molecule has 3 rings (SSSR count). The second kappa shape index (κ2) is 4.63. The average molecular weight is 297 g/mol. The van der Waals surface area contributed by atoms with Crippen molar-refractivity contribution in [2.45, 2.75) is 18.5 Å². The minimum absolute atomic E-state index is 0.110. The van der Waals surface area contributed by atoms with Gasteiger partial charge in [0.15, 0.2) is 0 Å². The van der Waals surface area contributed by atoms with Crippen LogP contribution in [0.2, 0.25) is 0 Å². The highest BCUT2D eigenvalue weighted by molar-refractivity contribution is 7.10. The Hall–Kier alpha value is -1.82. The molecule has 104 valence electrons. The van der Waals surface area contributed by atoms with Gasteiger partial charge in [0, 0.05) is 17.2 Å². The first-order valence-corrected chi connectivity index (χ1v) is 6.87. The highest BCUT2D eigenvalue weighted by Crippen LogP contribution is 2.41. The molecule has 1 aliphatic rings. The van der Waals surface area contributed by atoms with Gasteiger partial charge in [-0.15, -0.1) is 11.3 Å². The number of carbonyl (C=O) groups is 1. The Balaban J connectivity index is 1.96. The van der Waals surface area contributed by atoms with Gasteiger partial charge in [0.05, 0.1) is 11.3 Å². The zero-order valence-electron chi connectivity index (χ0n) is 10.2. The number of alkyl halides is 3. The number of thiophene rings is 1. The first-order chi connectivity index (χ1) is 9.45. The summed E-state index contributed by atoms with van der Waals surface area (Å²) in [5.41, 5.74) is 0.820. The maximum absolute atomic E-state index is 12.6. The summed E-state index contributed by atoms with van der Waals surface area (Å²) in [4.78, 5) is 12.6. The standard InChI is InChI=1S/C14H10F3NOS/c15-14(16,17)9-3-1-8(2-4-9)10-7-12(19)18-11-5-6-20-13(10)11/h1-6,10H,7H2,(H,18,19)/t10-/m1/s1. The number of anilines is 1. The molecule has 2 nitrogen and oxygen atoms in total. The third-order valence-corrected chi connectivity index (χ3v) is 4.35. The average Bonchev–Trinajstić information content (AvgIpc) is 2.85. The van der Waals surface area contributed by atoms with Crippen LogP contribution in [-0.2, 0) is 11.0 Å². The molecular formula is C14H10F3NOS. The summed E-state index contributed by atoms with van der Waals surface area (Å²) in [6, 6.07) is 6.85. The van der Waals surface area contributed by atoms with E-state index >= 15 is 0 Å². The van der Waals surface area contributed by atoms with Gasteiger partial charge in [-0.2, -0.15) is 13.2 Å². The fraction of sp³-hybridized carbons (Fsp3) is 0.214. The molecule has 1 N–H and O–H groups in total. The van der Waals surface area contributed by atoms with E-state index in [1.807, 2.05) is 11.4 Å². The van der Waals surface area contributed by atoms with E-state index < -0.39 is 11.7 Å². The Labute approximate surface area is 117 Å². The van der Waals surface area contributed by atoms with E-state index in [2.05, 4.69) is 5.32 Å². The Morgan fingerprint density at radius 2 is 1.85 bits per heavy atom. The van der Waals surface area contributed by atoms with Crippen LogP contribution in [-0.4, -0.2) is 5.91 Å². The van der Waals surface area contributed by atoms with E-state index in [1.165, 1.54) is 23.5 Å². The van der Waals surface area contributed by atoms with Crippen LogP contribution in [0.5, 0.6) is 0 Å². The number of nitrogens with one attached hydrogen (secondary N) is 1. The predicted molar refractivity (Wildman–Crippen MR) is 70.9 cm³/mol. The molecule has 20 heavy (non-hydrogen) atoms. The van der Waals surface area contributed by atoms with Gasteiger partial charge in [0.25, 0.3) is 0 Å². The van der Waals surface area contributed by atoms with Gasteiger partial charge < -0.3 is 5.32 Å². The van der Waals surface area contributed by atoms with E-state index in [-0.39, 0.29) is 18.2 Å². The lowest BCUT2D eigenvalue weighted by atomic mass is 9.90. The van der Waals surface area contributed by atoms with Crippen LogP contribution < -0.4 is 5.32 Å². The van der Waals surface area contributed by atoms with Gasteiger partial charge >= 0.3 is 6.18 Å². The molecule has 0 saturated carbocycles. The normalized spacial score (nSPS) is 18.6. The fourth-order valence-corrected chi connectivity index (χ4v) is 3.33. The summed E-state index contributed by atoms with van der Waals surface area (Å²) in [5.74, 6) is -0.276. The molecule has 6 heteroatoms. The van der Waals surface area contributed by atoms with Crippen LogP contribution in [0.1, 0.15) is 28.3 Å². The summed E-state index contributed by atoms with van der Waals surface area (Å²) in [6.07, 6.45) is -4.07. The first-order valence-electron chi connectivity index (χ1n) is 5.99. The fourth-order valence-electron chi connectivity index (χ4n) is 2.35. The van der Waals surface area contributed by atoms with Crippen LogP contribution in [0, 0.1) is 0 Å². The molecule has 0 fully saturated rings. The van der Waals surface area contributed by atoms with Crippen LogP contribution in [0.3, 0.4) is 0 Å².